The van der Waals surface area contributed by atoms with E-state index in [-0.39, 0.29) is 11.7 Å². The second-order valence-corrected chi connectivity index (χ2v) is 6.64. The zero-order valence-electron chi connectivity index (χ0n) is 10.9. The Morgan fingerprint density at radius 1 is 1.36 bits per heavy atom. The van der Waals surface area contributed by atoms with Crippen LogP contribution >= 0.6 is 39.0 Å². The molecule has 0 saturated carbocycles. The third-order valence-electron chi connectivity index (χ3n) is 2.41. The molecule has 0 spiro atoms. The predicted molar refractivity (Wildman–Crippen MR) is 86.7 cm³/mol. The van der Waals surface area contributed by atoms with Gasteiger partial charge >= 0.3 is 0 Å². The van der Waals surface area contributed by atoms with Gasteiger partial charge in [0.05, 0.1) is 5.75 Å². The second kappa shape index (κ2) is 6.99. The number of hydrogen-bond donors (Lipinski definition) is 1. The van der Waals surface area contributed by atoms with Crippen LogP contribution in [0, 0.1) is 0 Å². The summed E-state index contributed by atoms with van der Waals surface area (Å²) < 4.78 is 6.45. The molecule has 1 N–H and O–H groups in total. The lowest BCUT2D eigenvalue weighted by Gasteiger charge is -1.98. The number of anilines is 1. The Hall–Kier alpha value is -1.78. The number of halogens is 1. The number of benzene rings is 1. The van der Waals surface area contributed by atoms with Crippen molar-refractivity contribution in [3.8, 4) is 11.5 Å². The van der Waals surface area contributed by atoms with E-state index in [1.165, 1.54) is 11.3 Å². The van der Waals surface area contributed by atoms with Crippen molar-refractivity contribution in [2.45, 2.75) is 5.22 Å². The van der Waals surface area contributed by atoms with E-state index in [0.29, 0.717) is 16.2 Å². The van der Waals surface area contributed by atoms with Crippen LogP contribution < -0.4 is 5.32 Å². The third kappa shape index (κ3) is 3.90. The summed E-state index contributed by atoms with van der Waals surface area (Å²) in [6.45, 7) is 0. The standard InChI is InChI=1S/C12H8BrN5O2S2/c13-8-3-1-2-7(4-8)10-16-18-12(20-10)21-5-9(19)15-11-17-14-6-22-11/h1-4,6H,5H2,(H,15,17,19). The van der Waals surface area contributed by atoms with Gasteiger partial charge in [0.25, 0.3) is 5.22 Å². The van der Waals surface area contributed by atoms with Gasteiger partial charge in [-0.05, 0) is 18.2 Å². The topological polar surface area (TPSA) is 93.8 Å². The molecule has 2 heterocycles. The fraction of sp³-hybridized carbons (Fsp3) is 0.0833. The maximum atomic E-state index is 11.7. The highest BCUT2D eigenvalue weighted by Gasteiger charge is 2.12. The van der Waals surface area contributed by atoms with Gasteiger partial charge in [-0.3, -0.25) is 10.1 Å². The number of carbonyl (C=O) groups excluding carboxylic acids is 1. The highest BCUT2D eigenvalue weighted by atomic mass is 79.9. The molecule has 0 unspecified atom stereocenters. The van der Waals surface area contributed by atoms with Gasteiger partial charge in [0.15, 0.2) is 0 Å². The highest BCUT2D eigenvalue weighted by Crippen LogP contribution is 2.25. The lowest BCUT2D eigenvalue weighted by Crippen LogP contribution is -2.13. The van der Waals surface area contributed by atoms with E-state index in [1.807, 2.05) is 24.3 Å². The van der Waals surface area contributed by atoms with E-state index in [1.54, 1.807) is 5.51 Å². The van der Waals surface area contributed by atoms with Gasteiger partial charge in [0.2, 0.25) is 16.9 Å². The van der Waals surface area contributed by atoms with Gasteiger partial charge < -0.3 is 4.42 Å². The third-order valence-corrected chi connectivity index (χ3v) is 4.33. The summed E-state index contributed by atoms with van der Waals surface area (Å²) in [6, 6.07) is 7.54. The lowest BCUT2D eigenvalue weighted by molar-refractivity contribution is -0.113. The van der Waals surface area contributed by atoms with Gasteiger partial charge in [0, 0.05) is 10.0 Å². The Labute approximate surface area is 141 Å². The number of thioether (sulfide) groups is 1. The van der Waals surface area contributed by atoms with Crippen molar-refractivity contribution in [1.29, 1.82) is 0 Å². The van der Waals surface area contributed by atoms with Crippen LogP contribution in [-0.4, -0.2) is 32.1 Å². The summed E-state index contributed by atoms with van der Waals surface area (Å²) >= 11 is 5.81. The number of aromatic nitrogens is 4. The predicted octanol–water partition coefficient (Wildman–Crippen LogP) is 3.08. The average Bonchev–Trinajstić information content (AvgIpc) is 3.16. The first-order valence-corrected chi connectivity index (χ1v) is 8.65. The van der Waals surface area contributed by atoms with Crippen LogP contribution in [0.3, 0.4) is 0 Å². The normalized spacial score (nSPS) is 10.6. The molecule has 0 atom stereocenters. The van der Waals surface area contributed by atoms with Crippen molar-refractivity contribution >= 4 is 50.1 Å². The Morgan fingerprint density at radius 3 is 3.05 bits per heavy atom. The fourth-order valence-electron chi connectivity index (χ4n) is 1.52. The molecule has 0 aliphatic carbocycles. The summed E-state index contributed by atoms with van der Waals surface area (Å²) in [5.74, 6) is 0.358. The molecule has 0 aliphatic heterocycles. The molecule has 112 valence electrons. The van der Waals surface area contributed by atoms with Crippen LogP contribution in [0.25, 0.3) is 11.5 Å². The first kappa shape index (κ1) is 15.1. The maximum absolute atomic E-state index is 11.7. The largest absolute Gasteiger partial charge is 0.411 e. The second-order valence-electron chi connectivity index (χ2n) is 3.96. The molecule has 3 aromatic rings. The zero-order valence-corrected chi connectivity index (χ0v) is 14.1. The molecule has 3 rings (SSSR count). The summed E-state index contributed by atoms with van der Waals surface area (Å²) in [6.07, 6.45) is 0. The van der Waals surface area contributed by atoms with Crippen LogP contribution in [0.1, 0.15) is 0 Å². The van der Waals surface area contributed by atoms with Crippen LogP contribution in [0.5, 0.6) is 0 Å². The molecule has 0 radical (unpaired) electrons. The van der Waals surface area contributed by atoms with E-state index in [2.05, 4.69) is 41.6 Å². The molecule has 0 aliphatic rings. The average molecular weight is 398 g/mol. The van der Waals surface area contributed by atoms with Crippen molar-refractivity contribution < 1.29 is 9.21 Å². The molecular weight excluding hydrogens is 390 g/mol. The number of carbonyl (C=O) groups is 1. The van der Waals surface area contributed by atoms with Gasteiger partial charge in [-0.1, -0.05) is 45.1 Å². The summed E-state index contributed by atoms with van der Waals surface area (Å²) in [5, 5.41) is 18.7. The molecule has 0 fully saturated rings. The molecule has 0 saturated heterocycles. The van der Waals surface area contributed by atoms with E-state index < -0.39 is 0 Å². The molecule has 22 heavy (non-hydrogen) atoms. The van der Waals surface area contributed by atoms with Crippen molar-refractivity contribution in [2.24, 2.45) is 0 Å². The van der Waals surface area contributed by atoms with Gasteiger partial charge in [-0.15, -0.1) is 20.4 Å². The van der Waals surface area contributed by atoms with E-state index in [0.717, 1.165) is 21.8 Å². The molecule has 2 aromatic heterocycles. The lowest BCUT2D eigenvalue weighted by atomic mass is 10.2. The molecule has 0 bridgehead atoms. The van der Waals surface area contributed by atoms with E-state index in [4.69, 9.17) is 4.42 Å². The Balaban J connectivity index is 1.59. The molecule has 1 aromatic carbocycles. The minimum atomic E-state index is -0.205. The minimum Gasteiger partial charge on any atom is -0.411 e. The highest BCUT2D eigenvalue weighted by molar-refractivity contribution is 9.10. The number of amides is 1. The minimum absolute atomic E-state index is 0.152. The number of nitrogens with one attached hydrogen (secondary N) is 1. The molecule has 1 amide bonds. The van der Waals surface area contributed by atoms with Crippen LogP contribution in [0.2, 0.25) is 0 Å². The Bertz CT molecular complexity index is 777. The van der Waals surface area contributed by atoms with Crippen molar-refractivity contribution in [2.75, 3.05) is 11.1 Å². The van der Waals surface area contributed by atoms with Crippen molar-refractivity contribution in [3.05, 3.63) is 34.2 Å². The Kier molecular flexibility index (Phi) is 4.80. The summed E-state index contributed by atoms with van der Waals surface area (Å²) in [7, 11) is 0. The first-order valence-electron chi connectivity index (χ1n) is 5.99. The van der Waals surface area contributed by atoms with Crippen LogP contribution in [-0.2, 0) is 4.79 Å². The SMILES string of the molecule is O=C(CSc1nnc(-c2cccc(Br)c2)o1)Nc1nncs1. The molecule has 10 heteroatoms. The molecule has 7 nitrogen and oxygen atoms in total. The van der Waals surface area contributed by atoms with Gasteiger partial charge in [-0.2, -0.15) is 0 Å². The Morgan fingerprint density at radius 2 is 2.27 bits per heavy atom. The van der Waals surface area contributed by atoms with E-state index >= 15 is 0 Å². The van der Waals surface area contributed by atoms with Crippen LogP contribution in [0.15, 0.2) is 43.9 Å². The van der Waals surface area contributed by atoms with Crippen molar-refractivity contribution in [3.63, 3.8) is 0 Å². The summed E-state index contributed by atoms with van der Waals surface area (Å²) in [4.78, 5) is 11.7. The molecular formula is C12H8BrN5O2S2. The number of rotatable bonds is 5. The smallest absolute Gasteiger partial charge is 0.277 e. The summed E-state index contributed by atoms with van der Waals surface area (Å²) in [5.41, 5.74) is 2.36. The van der Waals surface area contributed by atoms with Gasteiger partial charge in [-0.25, -0.2) is 0 Å². The number of hydrogen-bond acceptors (Lipinski definition) is 8. The van der Waals surface area contributed by atoms with Gasteiger partial charge in [0.1, 0.15) is 5.51 Å². The monoisotopic (exact) mass is 397 g/mol. The zero-order chi connectivity index (χ0) is 15.4. The maximum Gasteiger partial charge on any atom is 0.277 e. The number of nitrogens with zero attached hydrogens (tertiary/aromatic N) is 4. The quantitative estimate of drug-likeness (QED) is 0.660. The van der Waals surface area contributed by atoms with E-state index in [9.17, 15) is 4.79 Å². The van der Waals surface area contributed by atoms with Crippen molar-refractivity contribution in [1.82, 2.24) is 20.4 Å². The van der Waals surface area contributed by atoms with Crippen LogP contribution in [0.4, 0.5) is 5.13 Å². The first-order chi connectivity index (χ1) is 10.7. The fourth-order valence-corrected chi connectivity index (χ4v) is 2.94.